The number of nitrogens with one attached hydrogen (secondary N) is 1. The van der Waals surface area contributed by atoms with Crippen LogP contribution in [0.3, 0.4) is 0 Å². The molecule has 0 bridgehead atoms. The summed E-state index contributed by atoms with van der Waals surface area (Å²) in [6, 6.07) is 19.0. The third-order valence-electron chi connectivity index (χ3n) is 4.67. The molecule has 0 unspecified atom stereocenters. The minimum absolute atomic E-state index is 0.957. The van der Waals surface area contributed by atoms with E-state index in [1.54, 1.807) is 6.33 Å². The molecular formula is C21H20N4. The van der Waals surface area contributed by atoms with E-state index >= 15 is 0 Å². The molecule has 0 aliphatic heterocycles. The summed E-state index contributed by atoms with van der Waals surface area (Å²) in [5.74, 6) is 0. The Hall–Kier alpha value is -3.14. The van der Waals surface area contributed by atoms with E-state index in [4.69, 9.17) is 0 Å². The van der Waals surface area contributed by atoms with Crippen molar-refractivity contribution in [3.8, 4) is 22.4 Å². The van der Waals surface area contributed by atoms with Crippen molar-refractivity contribution in [2.75, 3.05) is 12.4 Å². The van der Waals surface area contributed by atoms with Crippen LogP contribution < -0.4 is 5.32 Å². The summed E-state index contributed by atoms with van der Waals surface area (Å²) < 4.78 is 2.17. The minimum atomic E-state index is 0.957. The monoisotopic (exact) mass is 328 g/mol. The molecule has 0 saturated heterocycles. The van der Waals surface area contributed by atoms with Gasteiger partial charge in [-0.25, -0.2) is 9.97 Å². The molecule has 2 aromatic carbocycles. The number of rotatable bonds is 3. The molecule has 25 heavy (non-hydrogen) atoms. The van der Waals surface area contributed by atoms with Crippen molar-refractivity contribution in [2.24, 2.45) is 7.05 Å². The zero-order valence-corrected chi connectivity index (χ0v) is 14.6. The van der Waals surface area contributed by atoms with E-state index in [9.17, 15) is 0 Å². The van der Waals surface area contributed by atoms with Gasteiger partial charge >= 0.3 is 0 Å². The number of aromatic nitrogens is 3. The smallest absolute Gasteiger partial charge is 0.144 e. The first-order valence-corrected chi connectivity index (χ1v) is 8.34. The van der Waals surface area contributed by atoms with Gasteiger partial charge in [0, 0.05) is 30.7 Å². The van der Waals surface area contributed by atoms with Crippen LogP contribution in [0, 0.1) is 6.92 Å². The second-order valence-corrected chi connectivity index (χ2v) is 6.13. The molecule has 0 spiro atoms. The van der Waals surface area contributed by atoms with Gasteiger partial charge in [-0.05, 0) is 30.2 Å². The summed E-state index contributed by atoms with van der Waals surface area (Å²) in [5.41, 5.74) is 7.74. The molecule has 4 aromatic rings. The summed E-state index contributed by atoms with van der Waals surface area (Å²) in [6.07, 6.45) is 1.64. The molecule has 2 heterocycles. The van der Waals surface area contributed by atoms with Crippen LogP contribution >= 0.6 is 0 Å². The van der Waals surface area contributed by atoms with Crippen molar-refractivity contribution in [3.05, 3.63) is 66.6 Å². The van der Waals surface area contributed by atoms with Crippen molar-refractivity contribution >= 4 is 16.7 Å². The second kappa shape index (κ2) is 6.06. The van der Waals surface area contributed by atoms with E-state index in [1.165, 1.54) is 11.1 Å². The molecule has 4 nitrogen and oxygen atoms in total. The highest BCUT2D eigenvalue weighted by atomic mass is 15.0. The Balaban J connectivity index is 2.09. The maximum atomic E-state index is 4.55. The SMILES string of the molecule is CNc1ccc(-c2c(-c3ccccc3)c3c(C)ncnc3n2C)cc1. The van der Waals surface area contributed by atoms with Gasteiger partial charge < -0.3 is 9.88 Å². The highest BCUT2D eigenvalue weighted by Crippen LogP contribution is 2.40. The Labute approximate surface area is 147 Å². The molecular weight excluding hydrogens is 308 g/mol. The number of hydrogen-bond donors (Lipinski definition) is 1. The van der Waals surface area contributed by atoms with Crippen LogP contribution in [-0.2, 0) is 7.05 Å². The van der Waals surface area contributed by atoms with Crippen LogP contribution in [0.4, 0.5) is 5.69 Å². The predicted octanol–water partition coefficient (Wildman–Crippen LogP) is 4.65. The lowest BCUT2D eigenvalue weighted by molar-refractivity contribution is 0.950. The lowest BCUT2D eigenvalue weighted by Crippen LogP contribution is -1.95. The van der Waals surface area contributed by atoms with Gasteiger partial charge in [0.15, 0.2) is 0 Å². The van der Waals surface area contributed by atoms with Crippen molar-refractivity contribution in [1.29, 1.82) is 0 Å². The lowest BCUT2D eigenvalue weighted by Gasteiger charge is -2.10. The topological polar surface area (TPSA) is 42.7 Å². The Morgan fingerprint density at radius 3 is 2.28 bits per heavy atom. The molecule has 124 valence electrons. The van der Waals surface area contributed by atoms with Crippen molar-refractivity contribution in [1.82, 2.24) is 14.5 Å². The largest absolute Gasteiger partial charge is 0.388 e. The van der Waals surface area contributed by atoms with Gasteiger partial charge in [-0.15, -0.1) is 0 Å². The fraction of sp³-hybridized carbons (Fsp3) is 0.143. The molecule has 0 fully saturated rings. The van der Waals surface area contributed by atoms with Gasteiger partial charge in [0.1, 0.15) is 12.0 Å². The molecule has 4 rings (SSSR count). The number of aryl methyl sites for hydroxylation is 2. The van der Waals surface area contributed by atoms with E-state index in [-0.39, 0.29) is 0 Å². The van der Waals surface area contributed by atoms with Crippen LogP contribution in [0.15, 0.2) is 60.9 Å². The first-order valence-electron chi connectivity index (χ1n) is 8.34. The van der Waals surface area contributed by atoms with Crippen molar-refractivity contribution in [2.45, 2.75) is 6.92 Å². The van der Waals surface area contributed by atoms with Gasteiger partial charge in [-0.2, -0.15) is 0 Å². The van der Waals surface area contributed by atoms with Crippen LogP contribution in [0.1, 0.15) is 5.69 Å². The van der Waals surface area contributed by atoms with E-state index < -0.39 is 0 Å². The van der Waals surface area contributed by atoms with Gasteiger partial charge in [-0.1, -0.05) is 42.5 Å². The van der Waals surface area contributed by atoms with Crippen molar-refractivity contribution in [3.63, 3.8) is 0 Å². The lowest BCUT2D eigenvalue weighted by atomic mass is 9.98. The minimum Gasteiger partial charge on any atom is -0.388 e. The Kier molecular flexibility index (Phi) is 3.73. The average Bonchev–Trinajstić information content (AvgIpc) is 2.97. The molecule has 0 radical (unpaired) electrons. The van der Waals surface area contributed by atoms with Gasteiger partial charge in [-0.3, -0.25) is 0 Å². The third-order valence-corrected chi connectivity index (χ3v) is 4.67. The van der Waals surface area contributed by atoms with Crippen molar-refractivity contribution < 1.29 is 0 Å². The van der Waals surface area contributed by atoms with Crippen LogP contribution in [-0.4, -0.2) is 21.6 Å². The molecule has 2 aromatic heterocycles. The highest BCUT2D eigenvalue weighted by Gasteiger charge is 2.20. The summed E-state index contributed by atoms with van der Waals surface area (Å²) in [4.78, 5) is 8.98. The predicted molar refractivity (Wildman–Crippen MR) is 104 cm³/mol. The van der Waals surface area contributed by atoms with Gasteiger partial charge in [0.2, 0.25) is 0 Å². The van der Waals surface area contributed by atoms with Crippen LogP contribution in [0.2, 0.25) is 0 Å². The summed E-state index contributed by atoms with van der Waals surface area (Å²) in [5, 5.41) is 4.29. The molecule has 0 aliphatic carbocycles. The summed E-state index contributed by atoms with van der Waals surface area (Å²) in [6.45, 7) is 2.05. The quantitative estimate of drug-likeness (QED) is 0.595. The van der Waals surface area contributed by atoms with Crippen LogP contribution in [0.25, 0.3) is 33.4 Å². The maximum absolute atomic E-state index is 4.55. The Morgan fingerprint density at radius 2 is 1.60 bits per heavy atom. The second-order valence-electron chi connectivity index (χ2n) is 6.13. The number of benzene rings is 2. The van der Waals surface area contributed by atoms with E-state index in [0.29, 0.717) is 0 Å². The fourth-order valence-corrected chi connectivity index (χ4v) is 3.42. The molecule has 0 saturated carbocycles. The van der Waals surface area contributed by atoms with Gasteiger partial charge in [0.25, 0.3) is 0 Å². The molecule has 0 amide bonds. The average molecular weight is 328 g/mol. The van der Waals surface area contributed by atoms with Gasteiger partial charge in [0.05, 0.1) is 11.4 Å². The zero-order chi connectivity index (χ0) is 17.4. The Morgan fingerprint density at radius 1 is 0.880 bits per heavy atom. The number of anilines is 1. The summed E-state index contributed by atoms with van der Waals surface area (Å²) in [7, 11) is 4.00. The van der Waals surface area contributed by atoms with E-state index in [2.05, 4.69) is 75.4 Å². The van der Waals surface area contributed by atoms with E-state index in [1.807, 2.05) is 20.0 Å². The third kappa shape index (κ3) is 2.47. The number of hydrogen-bond acceptors (Lipinski definition) is 3. The highest BCUT2D eigenvalue weighted by molar-refractivity contribution is 6.04. The fourth-order valence-electron chi connectivity index (χ4n) is 3.42. The first-order chi connectivity index (χ1) is 12.2. The van der Waals surface area contributed by atoms with E-state index in [0.717, 1.165) is 33.7 Å². The molecule has 0 atom stereocenters. The first kappa shape index (κ1) is 15.4. The zero-order valence-electron chi connectivity index (χ0n) is 14.6. The number of nitrogens with zero attached hydrogens (tertiary/aromatic N) is 3. The standard InChI is InChI=1S/C21H20N4/c1-14-18-19(15-7-5-4-6-8-15)20(25(3)21(18)24-13-23-14)16-9-11-17(22-2)12-10-16/h4-13,22H,1-3H3. The maximum Gasteiger partial charge on any atom is 0.144 e. The normalized spacial score (nSPS) is 11.0. The molecule has 0 aliphatic rings. The Bertz CT molecular complexity index is 1030. The summed E-state index contributed by atoms with van der Waals surface area (Å²) >= 11 is 0. The number of fused-ring (bicyclic) bond motifs is 1. The van der Waals surface area contributed by atoms with Crippen LogP contribution in [0.5, 0.6) is 0 Å². The molecule has 1 N–H and O–H groups in total. The molecule has 4 heteroatoms.